The van der Waals surface area contributed by atoms with E-state index in [4.69, 9.17) is 0 Å². The molecule has 9 heteroatoms. The van der Waals surface area contributed by atoms with Crippen molar-refractivity contribution in [1.82, 2.24) is 0 Å². The maximum atomic E-state index is 12.4. The summed E-state index contributed by atoms with van der Waals surface area (Å²) in [5.74, 6) is 0. The summed E-state index contributed by atoms with van der Waals surface area (Å²) in [7, 11) is -7.38. The van der Waals surface area contributed by atoms with Gasteiger partial charge in [-0.3, -0.25) is 9.44 Å². The molecule has 0 saturated carbocycles. The van der Waals surface area contributed by atoms with Crippen LogP contribution >= 0.6 is 15.9 Å². The number of rotatable bonds is 5. The predicted molar refractivity (Wildman–Crippen MR) is 89.9 cm³/mol. The van der Waals surface area contributed by atoms with Crippen molar-refractivity contribution in [2.24, 2.45) is 0 Å². The second kappa shape index (κ2) is 6.27. The maximum Gasteiger partial charge on any atom is 0.263 e. The van der Waals surface area contributed by atoms with E-state index in [0.29, 0.717) is 4.47 Å². The second-order valence-corrected chi connectivity index (χ2v) is 8.71. The van der Waals surface area contributed by atoms with Crippen LogP contribution in [0.5, 0.6) is 0 Å². The van der Waals surface area contributed by atoms with Gasteiger partial charge in [0.25, 0.3) is 10.0 Å². The minimum atomic E-state index is -3.85. The average molecular weight is 405 g/mol. The van der Waals surface area contributed by atoms with E-state index in [1.165, 1.54) is 18.2 Å². The van der Waals surface area contributed by atoms with E-state index in [2.05, 4.69) is 25.4 Å². The lowest BCUT2D eigenvalue weighted by Crippen LogP contribution is -2.16. The number of anilines is 2. The highest BCUT2D eigenvalue weighted by Gasteiger charge is 2.19. The zero-order chi connectivity index (χ0) is 16.4. The van der Waals surface area contributed by atoms with Gasteiger partial charge in [-0.1, -0.05) is 24.3 Å². The summed E-state index contributed by atoms with van der Waals surface area (Å²) in [5.41, 5.74) is 0.296. The Balaban J connectivity index is 2.41. The van der Waals surface area contributed by atoms with Gasteiger partial charge in [-0.15, -0.1) is 0 Å². The summed E-state index contributed by atoms with van der Waals surface area (Å²) in [4.78, 5) is 0.0594. The molecule has 0 aliphatic heterocycles. The Bertz CT molecular complexity index is 896. The van der Waals surface area contributed by atoms with E-state index < -0.39 is 20.0 Å². The van der Waals surface area contributed by atoms with Crippen LogP contribution in [0.2, 0.25) is 0 Å². The molecule has 0 bridgehead atoms. The van der Waals surface area contributed by atoms with Gasteiger partial charge in [0.2, 0.25) is 10.0 Å². The van der Waals surface area contributed by atoms with Crippen molar-refractivity contribution < 1.29 is 16.8 Å². The molecule has 2 N–H and O–H groups in total. The number of nitrogens with one attached hydrogen (secondary N) is 2. The Morgan fingerprint density at radius 2 is 1.32 bits per heavy atom. The Labute approximate surface area is 137 Å². The van der Waals surface area contributed by atoms with E-state index in [-0.39, 0.29) is 16.3 Å². The second-order valence-electron chi connectivity index (χ2n) is 4.46. The van der Waals surface area contributed by atoms with Gasteiger partial charge < -0.3 is 0 Å². The number of benzene rings is 2. The number of hydrogen-bond donors (Lipinski definition) is 2. The fourth-order valence-corrected chi connectivity index (χ4v) is 4.38. The third kappa shape index (κ3) is 4.21. The van der Waals surface area contributed by atoms with Gasteiger partial charge in [0.05, 0.1) is 17.6 Å². The van der Waals surface area contributed by atoms with Gasteiger partial charge in [0, 0.05) is 4.47 Å². The van der Waals surface area contributed by atoms with Gasteiger partial charge in [-0.25, -0.2) is 16.8 Å². The van der Waals surface area contributed by atoms with Crippen molar-refractivity contribution in [3.05, 3.63) is 53.0 Å². The van der Waals surface area contributed by atoms with Crippen LogP contribution in [0.4, 0.5) is 11.4 Å². The Morgan fingerprint density at radius 1 is 0.818 bits per heavy atom. The zero-order valence-electron chi connectivity index (χ0n) is 11.4. The minimum absolute atomic E-state index is 0.0594. The topological polar surface area (TPSA) is 92.3 Å². The molecule has 0 radical (unpaired) electrons. The smallest absolute Gasteiger partial charge is 0.263 e. The van der Waals surface area contributed by atoms with Crippen LogP contribution in [0.15, 0.2) is 57.9 Å². The number of sulfonamides is 2. The zero-order valence-corrected chi connectivity index (χ0v) is 14.7. The lowest BCUT2D eigenvalue weighted by atomic mass is 10.3. The Morgan fingerprint density at radius 3 is 1.86 bits per heavy atom. The molecule has 2 aromatic rings. The predicted octanol–water partition coefficient (Wildman–Crippen LogP) is 2.62. The van der Waals surface area contributed by atoms with Crippen molar-refractivity contribution in [3.8, 4) is 0 Å². The average Bonchev–Trinajstić information content (AvgIpc) is 2.39. The molecule has 118 valence electrons. The van der Waals surface area contributed by atoms with Crippen molar-refractivity contribution >= 4 is 47.4 Å². The molecule has 22 heavy (non-hydrogen) atoms. The molecule has 2 aromatic carbocycles. The molecule has 0 atom stereocenters. The summed E-state index contributed by atoms with van der Waals surface area (Å²) in [6.07, 6.45) is 0.992. The molecule has 0 saturated heterocycles. The van der Waals surface area contributed by atoms with E-state index in [1.54, 1.807) is 30.3 Å². The first-order valence-corrected chi connectivity index (χ1v) is 10.2. The molecule has 0 unspecified atom stereocenters. The highest BCUT2D eigenvalue weighted by Crippen LogP contribution is 2.27. The van der Waals surface area contributed by atoms with Crippen LogP contribution < -0.4 is 9.44 Å². The van der Waals surface area contributed by atoms with Crippen LogP contribution in [0.1, 0.15) is 0 Å². The molecule has 0 aliphatic rings. The number of para-hydroxylation sites is 2. The molecule has 0 aliphatic carbocycles. The first-order chi connectivity index (χ1) is 10.2. The van der Waals surface area contributed by atoms with Crippen molar-refractivity contribution in [2.75, 3.05) is 15.7 Å². The van der Waals surface area contributed by atoms with E-state index in [0.717, 1.165) is 6.26 Å². The SMILES string of the molecule is CS(=O)(=O)Nc1ccccc1NS(=O)(=O)c1ccccc1Br. The van der Waals surface area contributed by atoms with Gasteiger partial charge in [-0.05, 0) is 40.2 Å². The van der Waals surface area contributed by atoms with Crippen LogP contribution in [-0.2, 0) is 20.0 Å². The summed E-state index contributed by atoms with van der Waals surface area (Å²) >= 11 is 3.18. The van der Waals surface area contributed by atoms with Crippen molar-refractivity contribution in [3.63, 3.8) is 0 Å². The highest BCUT2D eigenvalue weighted by atomic mass is 79.9. The van der Waals surface area contributed by atoms with Gasteiger partial charge in [0.15, 0.2) is 0 Å². The molecule has 0 fully saturated rings. The summed E-state index contributed by atoms with van der Waals surface area (Å²) in [6, 6.07) is 12.5. The van der Waals surface area contributed by atoms with Gasteiger partial charge >= 0.3 is 0 Å². The molecule has 0 amide bonds. The van der Waals surface area contributed by atoms with Gasteiger partial charge in [0.1, 0.15) is 4.90 Å². The first kappa shape index (κ1) is 16.8. The van der Waals surface area contributed by atoms with Gasteiger partial charge in [-0.2, -0.15) is 0 Å². The summed E-state index contributed by atoms with van der Waals surface area (Å²) in [5, 5.41) is 0. The van der Waals surface area contributed by atoms with E-state index in [1.807, 2.05) is 0 Å². The first-order valence-electron chi connectivity index (χ1n) is 6.03. The number of hydrogen-bond acceptors (Lipinski definition) is 4. The molecule has 0 aromatic heterocycles. The molecule has 0 spiro atoms. The molecule has 2 rings (SSSR count). The normalized spacial score (nSPS) is 11.9. The summed E-state index contributed by atoms with van der Waals surface area (Å²) in [6.45, 7) is 0. The molecular weight excluding hydrogens is 392 g/mol. The molecule has 6 nitrogen and oxygen atoms in total. The van der Waals surface area contributed by atoms with Crippen molar-refractivity contribution in [2.45, 2.75) is 4.90 Å². The van der Waals surface area contributed by atoms with E-state index >= 15 is 0 Å². The summed E-state index contributed by atoms with van der Waals surface area (Å²) < 4.78 is 52.6. The molecule has 0 heterocycles. The lowest BCUT2D eigenvalue weighted by Gasteiger charge is -2.13. The standard InChI is InChI=1S/C13H13BrN2O4S2/c1-21(17,18)15-11-7-3-4-8-12(11)16-22(19,20)13-9-5-2-6-10(13)14/h2-9,15-16H,1H3. The lowest BCUT2D eigenvalue weighted by molar-refractivity contribution is 0.600. The Hall–Kier alpha value is -1.58. The fraction of sp³-hybridized carbons (Fsp3) is 0.0769. The molecular formula is C13H13BrN2O4S2. The fourth-order valence-electron chi connectivity index (χ4n) is 1.72. The maximum absolute atomic E-state index is 12.4. The largest absolute Gasteiger partial charge is 0.282 e. The van der Waals surface area contributed by atoms with Crippen molar-refractivity contribution in [1.29, 1.82) is 0 Å². The van der Waals surface area contributed by atoms with Crippen LogP contribution in [-0.4, -0.2) is 23.1 Å². The number of halogens is 1. The Kier molecular flexibility index (Phi) is 4.78. The quantitative estimate of drug-likeness (QED) is 0.800. The van der Waals surface area contributed by atoms with E-state index in [9.17, 15) is 16.8 Å². The van der Waals surface area contributed by atoms with Crippen LogP contribution in [0, 0.1) is 0 Å². The minimum Gasteiger partial charge on any atom is -0.282 e. The third-order valence-corrected chi connectivity index (χ3v) is 5.56. The monoisotopic (exact) mass is 404 g/mol. The van der Waals surface area contributed by atoms with Crippen LogP contribution in [0.25, 0.3) is 0 Å². The van der Waals surface area contributed by atoms with Crippen LogP contribution in [0.3, 0.4) is 0 Å². The highest BCUT2D eigenvalue weighted by molar-refractivity contribution is 9.10. The third-order valence-electron chi connectivity index (χ3n) is 2.59.